The molecule has 0 spiro atoms. The molecule has 2 saturated heterocycles. The van der Waals surface area contributed by atoms with Gasteiger partial charge in [0.1, 0.15) is 26.4 Å². The highest BCUT2D eigenvalue weighted by Gasteiger charge is 2.26. The second-order valence-electron chi connectivity index (χ2n) is 7.38. The quantitative estimate of drug-likeness (QED) is 0.178. The van der Waals surface area contributed by atoms with Crippen LogP contribution in [0, 0.1) is 0 Å². The molecule has 12 heteroatoms. The molecule has 0 aliphatic carbocycles. The van der Waals surface area contributed by atoms with Crippen LogP contribution in [0.15, 0.2) is 0 Å². The topological polar surface area (TPSA) is 148 Å². The lowest BCUT2D eigenvalue weighted by atomic mass is 10.2. The van der Waals surface area contributed by atoms with Crippen molar-refractivity contribution in [1.82, 2.24) is 10.6 Å². The molecule has 0 radical (unpaired) electrons. The molecule has 0 aromatic carbocycles. The van der Waals surface area contributed by atoms with Crippen LogP contribution in [-0.2, 0) is 38.0 Å². The van der Waals surface area contributed by atoms with Crippen molar-refractivity contribution < 1.29 is 47.6 Å². The molecule has 2 unspecified atom stereocenters. The zero-order valence-electron chi connectivity index (χ0n) is 18.1. The summed E-state index contributed by atoms with van der Waals surface area (Å²) in [4.78, 5) is 44.7. The van der Waals surface area contributed by atoms with Gasteiger partial charge in [-0.2, -0.15) is 0 Å². The standard InChI is InChI=1S/C20H32N2O10/c23-17(27-11-15-13-29-19(25)31-15)5-9-21-7-3-1-2-4-8-22-10-6-18(24)28-12-16-14-30-20(26)32-16/h15-16,21-22H,1-14H2. The Balaban J connectivity index is 1.27. The third kappa shape index (κ3) is 11.7. The Morgan fingerprint density at radius 1 is 0.719 bits per heavy atom. The molecule has 0 aromatic heterocycles. The number of unbranched alkanes of at least 4 members (excludes halogenated alkanes) is 3. The SMILES string of the molecule is O=C(CCNCCCCCCNCCC(=O)OCC1COC(=O)O1)OCC1COC(=O)O1. The number of carbonyl (C=O) groups is 4. The fourth-order valence-electron chi connectivity index (χ4n) is 2.90. The molecule has 182 valence electrons. The van der Waals surface area contributed by atoms with Gasteiger partial charge in [0, 0.05) is 13.1 Å². The summed E-state index contributed by atoms with van der Waals surface area (Å²) in [6.07, 6.45) is 2.17. The Morgan fingerprint density at radius 3 is 1.53 bits per heavy atom. The van der Waals surface area contributed by atoms with Crippen molar-refractivity contribution in [3.63, 3.8) is 0 Å². The lowest BCUT2D eigenvalue weighted by molar-refractivity contribution is -0.146. The number of esters is 2. The Morgan fingerprint density at radius 2 is 1.16 bits per heavy atom. The molecule has 0 bridgehead atoms. The van der Waals surface area contributed by atoms with Crippen molar-refractivity contribution in [2.45, 2.75) is 50.7 Å². The summed E-state index contributed by atoms with van der Waals surface area (Å²) in [6, 6.07) is 0. The van der Waals surface area contributed by atoms with Crippen molar-refractivity contribution in [2.24, 2.45) is 0 Å². The maximum Gasteiger partial charge on any atom is 0.508 e. The van der Waals surface area contributed by atoms with Crippen LogP contribution in [0.25, 0.3) is 0 Å². The van der Waals surface area contributed by atoms with Crippen LogP contribution in [-0.4, -0.2) is 89.1 Å². The first kappa shape index (κ1) is 25.7. The van der Waals surface area contributed by atoms with E-state index in [2.05, 4.69) is 20.1 Å². The van der Waals surface area contributed by atoms with Crippen LogP contribution in [0.2, 0.25) is 0 Å². The minimum atomic E-state index is -0.731. The van der Waals surface area contributed by atoms with E-state index in [4.69, 9.17) is 18.9 Å². The average molecular weight is 460 g/mol. The third-order valence-corrected chi connectivity index (χ3v) is 4.63. The van der Waals surface area contributed by atoms with Gasteiger partial charge in [-0.05, 0) is 25.9 Å². The summed E-state index contributed by atoms with van der Waals surface area (Å²) in [6.45, 7) is 2.98. The highest BCUT2D eigenvalue weighted by molar-refractivity contribution is 5.70. The fraction of sp³-hybridized carbons (Fsp3) is 0.800. The smallest absolute Gasteiger partial charge is 0.462 e. The third-order valence-electron chi connectivity index (χ3n) is 4.63. The first-order valence-electron chi connectivity index (χ1n) is 10.9. The van der Waals surface area contributed by atoms with E-state index in [0.717, 1.165) is 38.8 Å². The summed E-state index contributed by atoms with van der Waals surface area (Å²) in [5, 5.41) is 6.39. The van der Waals surface area contributed by atoms with E-state index >= 15 is 0 Å². The largest absolute Gasteiger partial charge is 0.508 e. The number of ether oxygens (including phenoxy) is 6. The highest BCUT2D eigenvalue weighted by Crippen LogP contribution is 2.07. The van der Waals surface area contributed by atoms with Crippen molar-refractivity contribution in [3.05, 3.63) is 0 Å². The van der Waals surface area contributed by atoms with Gasteiger partial charge in [0.05, 0.1) is 12.8 Å². The van der Waals surface area contributed by atoms with Crippen LogP contribution < -0.4 is 10.6 Å². The number of hydrogen-bond acceptors (Lipinski definition) is 12. The van der Waals surface area contributed by atoms with E-state index in [0.29, 0.717) is 13.1 Å². The van der Waals surface area contributed by atoms with Gasteiger partial charge in [0.15, 0.2) is 12.2 Å². The lowest BCUT2D eigenvalue weighted by Gasteiger charge is -2.09. The molecule has 2 heterocycles. The summed E-state index contributed by atoms with van der Waals surface area (Å²) in [5.74, 6) is -0.683. The number of nitrogens with one attached hydrogen (secondary N) is 2. The zero-order chi connectivity index (χ0) is 23.0. The van der Waals surface area contributed by atoms with Crippen LogP contribution in [0.3, 0.4) is 0 Å². The van der Waals surface area contributed by atoms with Gasteiger partial charge in [-0.1, -0.05) is 12.8 Å². The number of carbonyl (C=O) groups excluding carboxylic acids is 4. The first-order valence-corrected chi connectivity index (χ1v) is 10.9. The first-order chi connectivity index (χ1) is 15.5. The molecule has 2 aliphatic heterocycles. The second kappa shape index (κ2) is 15.2. The summed E-state index contributed by atoms with van der Waals surface area (Å²) in [7, 11) is 0. The van der Waals surface area contributed by atoms with Crippen LogP contribution >= 0.6 is 0 Å². The molecule has 2 rings (SSSR count). The molecule has 2 aliphatic rings. The van der Waals surface area contributed by atoms with E-state index in [1.807, 2.05) is 0 Å². The Bertz CT molecular complexity index is 563. The molecule has 2 N–H and O–H groups in total. The molecule has 32 heavy (non-hydrogen) atoms. The lowest BCUT2D eigenvalue weighted by Crippen LogP contribution is -2.24. The molecule has 2 atom stereocenters. The number of cyclic esters (lactones) is 4. The van der Waals surface area contributed by atoms with Crippen molar-refractivity contribution in [2.75, 3.05) is 52.6 Å². The van der Waals surface area contributed by atoms with Gasteiger partial charge >= 0.3 is 24.2 Å². The fourth-order valence-corrected chi connectivity index (χ4v) is 2.90. The summed E-state index contributed by atoms with van der Waals surface area (Å²) < 4.78 is 28.8. The monoisotopic (exact) mass is 460 g/mol. The number of hydrogen-bond donors (Lipinski definition) is 2. The van der Waals surface area contributed by atoms with Gasteiger partial charge in [0.25, 0.3) is 0 Å². The van der Waals surface area contributed by atoms with Gasteiger partial charge in [-0.25, -0.2) is 9.59 Å². The Labute approximate surface area is 186 Å². The molecule has 0 saturated carbocycles. The summed E-state index contributed by atoms with van der Waals surface area (Å²) in [5.41, 5.74) is 0. The maximum atomic E-state index is 11.6. The van der Waals surface area contributed by atoms with Crippen LogP contribution in [0.5, 0.6) is 0 Å². The van der Waals surface area contributed by atoms with Gasteiger partial charge < -0.3 is 39.1 Å². The van der Waals surface area contributed by atoms with Crippen molar-refractivity contribution >= 4 is 24.2 Å². The maximum absolute atomic E-state index is 11.6. The second-order valence-corrected chi connectivity index (χ2v) is 7.38. The van der Waals surface area contributed by atoms with Crippen LogP contribution in [0.1, 0.15) is 38.5 Å². The predicted octanol–water partition coefficient (Wildman–Crippen LogP) is 0.663. The Hall–Kier alpha value is -2.60. The van der Waals surface area contributed by atoms with E-state index in [-0.39, 0.29) is 51.2 Å². The minimum absolute atomic E-state index is 0.0206. The van der Waals surface area contributed by atoms with Gasteiger partial charge in [0.2, 0.25) is 0 Å². The molecule has 0 aromatic rings. The minimum Gasteiger partial charge on any atom is -0.462 e. The summed E-state index contributed by atoms with van der Waals surface area (Å²) >= 11 is 0. The molecular weight excluding hydrogens is 428 g/mol. The molecule has 0 amide bonds. The molecule has 12 nitrogen and oxygen atoms in total. The molecular formula is C20H32N2O10. The van der Waals surface area contributed by atoms with Gasteiger partial charge in [-0.3, -0.25) is 9.59 Å². The van der Waals surface area contributed by atoms with Crippen molar-refractivity contribution in [1.29, 1.82) is 0 Å². The highest BCUT2D eigenvalue weighted by atomic mass is 16.8. The van der Waals surface area contributed by atoms with E-state index in [1.165, 1.54) is 0 Å². The normalized spacial score (nSPS) is 19.6. The van der Waals surface area contributed by atoms with Gasteiger partial charge in [-0.15, -0.1) is 0 Å². The van der Waals surface area contributed by atoms with E-state index in [9.17, 15) is 19.2 Å². The van der Waals surface area contributed by atoms with Crippen molar-refractivity contribution in [3.8, 4) is 0 Å². The molecule has 2 fully saturated rings. The number of rotatable bonds is 17. The van der Waals surface area contributed by atoms with Crippen LogP contribution in [0.4, 0.5) is 9.59 Å². The average Bonchev–Trinajstić information content (AvgIpc) is 3.39. The van der Waals surface area contributed by atoms with E-state index in [1.54, 1.807) is 0 Å². The zero-order valence-corrected chi connectivity index (χ0v) is 18.1. The van der Waals surface area contributed by atoms with E-state index < -0.39 is 24.5 Å². The predicted molar refractivity (Wildman–Crippen MR) is 108 cm³/mol. The Kier molecular flexibility index (Phi) is 12.2.